The lowest BCUT2D eigenvalue weighted by Crippen LogP contribution is -2.53. The van der Waals surface area contributed by atoms with E-state index in [-0.39, 0.29) is 11.8 Å². The van der Waals surface area contributed by atoms with Crippen molar-refractivity contribution in [3.05, 3.63) is 35.9 Å². The van der Waals surface area contributed by atoms with Gasteiger partial charge in [-0.25, -0.2) is 0 Å². The number of hydrogen-bond acceptors (Lipinski definition) is 4. The lowest BCUT2D eigenvalue weighted by Gasteiger charge is -2.31. The van der Waals surface area contributed by atoms with E-state index in [0.29, 0.717) is 18.2 Å². The first-order valence-electron chi connectivity index (χ1n) is 6.75. The summed E-state index contributed by atoms with van der Waals surface area (Å²) in [6.07, 6.45) is 0. The first-order valence-corrected chi connectivity index (χ1v) is 6.75. The number of hydrazine groups is 1. The quantitative estimate of drug-likeness (QED) is 0.665. The lowest BCUT2D eigenvalue weighted by atomic mass is 10.2. The van der Waals surface area contributed by atoms with Crippen molar-refractivity contribution in [1.29, 1.82) is 0 Å². The van der Waals surface area contributed by atoms with Gasteiger partial charge in [-0.3, -0.25) is 25.3 Å². The zero-order valence-corrected chi connectivity index (χ0v) is 11.6. The van der Waals surface area contributed by atoms with Crippen LogP contribution in [0.3, 0.4) is 0 Å². The summed E-state index contributed by atoms with van der Waals surface area (Å²) in [5, 5.41) is 3.31. The second kappa shape index (κ2) is 7.02. The molecule has 0 radical (unpaired) electrons. The molecule has 1 atom stereocenters. The summed E-state index contributed by atoms with van der Waals surface area (Å²) in [5.41, 5.74) is 5.38. The van der Waals surface area contributed by atoms with Crippen molar-refractivity contribution in [3.8, 4) is 0 Å². The van der Waals surface area contributed by atoms with Gasteiger partial charge in [-0.2, -0.15) is 0 Å². The summed E-state index contributed by atoms with van der Waals surface area (Å²) in [4.78, 5) is 25.6. The molecule has 2 rings (SSSR count). The summed E-state index contributed by atoms with van der Waals surface area (Å²) in [5.74, 6) is -0.518. The van der Waals surface area contributed by atoms with Gasteiger partial charge in [0.25, 0.3) is 11.8 Å². The van der Waals surface area contributed by atoms with Crippen LogP contribution in [0.25, 0.3) is 0 Å². The molecular weight excluding hydrogens is 256 g/mol. The largest absolute Gasteiger partial charge is 0.312 e. The van der Waals surface area contributed by atoms with Crippen molar-refractivity contribution in [1.82, 2.24) is 21.1 Å². The van der Waals surface area contributed by atoms with Gasteiger partial charge in [0, 0.05) is 31.2 Å². The van der Waals surface area contributed by atoms with Gasteiger partial charge in [0.2, 0.25) is 0 Å². The molecule has 1 aliphatic rings. The first kappa shape index (κ1) is 14.5. The van der Waals surface area contributed by atoms with Crippen LogP contribution in [-0.4, -0.2) is 48.9 Å². The summed E-state index contributed by atoms with van der Waals surface area (Å²) in [6.45, 7) is 4.93. The van der Waals surface area contributed by atoms with E-state index < -0.39 is 0 Å². The van der Waals surface area contributed by atoms with E-state index in [2.05, 4.69) is 28.0 Å². The Labute approximate surface area is 118 Å². The van der Waals surface area contributed by atoms with Gasteiger partial charge >= 0.3 is 0 Å². The second-order valence-corrected chi connectivity index (χ2v) is 4.96. The van der Waals surface area contributed by atoms with Crippen LogP contribution < -0.4 is 16.2 Å². The topological polar surface area (TPSA) is 73.5 Å². The minimum Gasteiger partial charge on any atom is -0.312 e. The Kier molecular flexibility index (Phi) is 5.09. The minimum atomic E-state index is -0.312. The molecule has 1 aliphatic heterocycles. The first-order chi connectivity index (χ1) is 9.65. The fourth-order valence-electron chi connectivity index (χ4n) is 2.19. The molecule has 6 nitrogen and oxygen atoms in total. The third-order valence-electron chi connectivity index (χ3n) is 3.17. The van der Waals surface area contributed by atoms with Crippen molar-refractivity contribution in [2.75, 3.05) is 26.2 Å². The molecule has 1 aromatic carbocycles. The van der Waals surface area contributed by atoms with Crippen molar-refractivity contribution >= 4 is 11.8 Å². The third kappa shape index (κ3) is 4.32. The van der Waals surface area contributed by atoms with Crippen molar-refractivity contribution in [2.24, 2.45) is 0 Å². The number of carbonyl (C=O) groups is 2. The standard InChI is InChI=1S/C14H20N4O2/c1-11-9-18(8-7-15-11)10-13(19)16-17-14(20)12-5-3-2-4-6-12/h2-6,11,15H,7-10H2,1H3,(H,16,19)(H,17,20)/t11-/m1/s1. The molecular formula is C14H20N4O2. The van der Waals surface area contributed by atoms with Crippen molar-refractivity contribution < 1.29 is 9.59 Å². The van der Waals surface area contributed by atoms with Gasteiger partial charge in [-0.1, -0.05) is 18.2 Å². The molecule has 1 saturated heterocycles. The Balaban J connectivity index is 1.73. The molecule has 0 unspecified atom stereocenters. The Hall–Kier alpha value is -1.92. The molecule has 1 heterocycles. The average molecular weight is 276 g/mol. The van der Waals surface area contributed by atoms with E-state index in [9.17, 15) is 9.59 Å². The van der Waals surface area contributed by atoms with Crippen LogP contribution in [-0.2, 0) is 4.79 Å². The highest BCUT2D eigenvalue weighted by atomic mass is 16.2. The number of nitrogens with zero attached hydrogens (tertiary/aromatic N) is 1. The van der Waals surface area contributed by atoms with Crippen LogP contribution in [0.15, 0.2) is 30.3 Å². The molecule has 1 fully saturated rings. The van der Waals surface area contributed by atoms with E-state index in [1.54, 1.807) is 24.3 Å². The van der Waals surface area contributed by atoms with Crippen molar-refractivity contribution in [2.45, 2.75) is 13.0 Å². The zero-order chi connectivity index (χ0) is 14.4. The fourth-order valence-corrected chi connectivity index (χ4v) is 2.19. The van der Waals surface area contributed by atoms with Crippen LogP contribution in [0, 0.1) is 0 Å². The molecule has 1 aromatic rings. The summed E-state index contributed by atoms with van der Waals surface area (Å²) < 4.78 is 0. The smallest absolute Gasteiger partial charge is 0.269 e. The van der Waals surface area contributed by atoms with Crippen LogP contribution in [0.4, 0.5) is 0 Å². The molecule has 6 heteroatoms. The maximum absolute atomic E-state index is 11.8. The lowest BCUT2D eigenvalue weighted by molar-refractivity contribution is -0.123. The predicted octanol–water partition coefficient (Wildman–Crippen LogP) is -0.259. The normalized spacial score (nSPS) is 19.4. The molecule has 0 aliphatic carbocycles. The highest BCUT2D eigenvalue weighted by molar-refractivity contribution is 5.95. The molecule has 0 aromatic heterocycles. The van der Waals surface area contributed by atoms with Gasteiger partial charge in [0.1, 0.15) is 0 Å². The average Bonchev–Trinajstić information content (AvgIpc) is 2.46. The van der Waals surface area contributed by atoms with Gasteiger partial charge in [0.05, 0.1) is 6.54 Å². The molecule has 0 saturated carbocycles. The molecule has 0 spiro atoms. The van der Waals surface area contributed by atoms with E-state index in [4.69, 9.17) is 0 Å². The van der Waals surface area contributed by atoms with Gasteiger partial charge in [0.15, 0.2) is 0 Å². The third-order valence-corrected chi connectivity index (χ3v) is 3.17. The Morgan fingerprint density at radius 1 is 1.30 bits per heavy atom. The monoisotopic (exact) mass is 276 g/mol. The molecule has 108 valence electrons. The highest BCUT2D eigenvalue weighted by Gasteiger charge is 2.18. The molecule has 2 amide bonds. The molecule has 20 heavy (non-hydrogen) atoms. The Morgan fingerprint density at radius 3 is 2.75 bits per heavy atom. The van der Waals surface area contributed by atoms with Crippen molar-refractivity contribution in [3.63, 3.8) is 0 Å². The number of rotatable bonds is 3. The number of nitrogens with one attached hydrogen (secondary N) is 3. The van der Waals surface area contributed by atoms with Gasteiger partial charge in [-0.15, -0.1) is 0 Å². The van der Waals surface area contributed by atoms with E-state index >= 15 is 0 Å². The predicted molar refractivity (Wildman–Crippen MR) is 76.0 cm³/mol. The number of carbonyl (C=O) groups excluding carboxylic acids is 2. The molecule has 3 N–H and O–H groups in total. The summed E-state index contributed by atoms with van der Waals surface area (Å²) in [6, 6.07) is 9.16. The van der Waals surface area contributed by atoms with E-state index in [1.807, 2.05) is 6.07 Å². The molecule has 0 bridgehead atoms. The Morgan fingerprint density at radius 2 is 2.05 bits per heavy atom. The highest BCUT2D eigenvalue weighted by Crippen LogP contribution is 1.98. The van der Waals surface area contributed by atoms with E-state index in [1.165, 1.54) is 0 Å². The number of benzene rings is 1. The van der Waals surface area contributed by atoms with Crippen LogP contribution in [0.5, 0.6) is 0 Å². The number of piperazine rings is 1. The fraction of sp³-hybridized carbons (Fsp3) is 0.429. The summed E-state index contributed by atoms with van der Waals surface area (Å²) >= 11 is 0. The van der Waals surface area contributed by atoms with Crippen LogP contribution in [0.1, 0.15) is 17.3 Å². The minimum absolute atomic E-state index is 0.205. The summed E-state index contributed by atoms with van der Waals surface area (Å²) in [7, 11) is 0. The zero-order valence-electron chi connectivity index (χ0n) is 11.6. The Bertz CT molecular complexity index is 464. The van der Waals surface area contributed by atoms with Crippen LogP contribution in [0.2, 0.25) is 0 Å². The van der Waals surface area contributed by atoms with Crippen LogP contribution >= 0.6 is 0 Å². The second-order valence-electron chi connectivity index (χ2n) is 4.96. The van der Waals surface area contributed by atoms with Gasteiger partial charge < -0.3 is 5.32 Å². The SMILES string of the molecule is C[C@@H]1CN(CC(=O)NNC(=O)c2ccccc2)CCN1. The maximum atomic E-state index is 11.8. The van der Waals surface area contributed by atoms with Gasteiger partial charge in [-0.05, 0) is 19.1 Å². The maximum Gasteiger partial charge on any atom is 0.269 e. The number of amides is 2. The number of hydrogen-bond donors (Lipinski definition) is 3. The van der Waals surface area contributed by atoms with E-state index in [0.717, 1.165) is 19.6 Å².